The summed E-state index contributed by atoms with van der Waals surface area (Å²) in [7, 11) is -4.09. The highest BCUT2D eigenvalue weighted by molar-refractivity contribution is 7.91. The van der Waals surface area contributed by atoms with E-state index in [1.807, 2.05) is 4.72 Å². The fraction of sp³-hybridized carbons (Fsp3) is 0.308. The van der Waals surface area contributed by atoms with Crippen LogP contribution in [0, 0.1) is 6.92 Å². The number of aliphatic carboxylic acids is 1. The van der Waals surface area contributed by atoms with Crippen molar-refractivity contribution in [3.63, 3.8) is 0 Å². The molecule has 0 bridgehead atoms. The van der Waals surface area contributed by atoms with Crippen LogP contribution in [-0.4, -0.2) is 48.1 Å². The van der Waals surface area contributed by atoms with Gasteiger partial charge >= 0.3 is 5.97 Å². The molecule has 2 heterocycles. The Hall–Kier alpha value is -1.86. The van der Waals surface area contributed by atoms with Gasteiger partial charge in [0, 0.05) is 11.8 Å². The number of aliphatic hydroxyl groups is 1. The van der Waals surface area contributed by atoms with Crippen molar-refractivity contribution in [2.75, 3.05) is 11.9 Å². The van der Waals surface area contributed by atoms with Gasteiger partial charge in [0.25, 0.3) is 10.0 Å². The molecule has 0 aliphatic heterocycles. The molecule has 2 aromatic heterocycles. The van der Waals surface area contributed by atoms with Gasteiger partial charge in [0.1, 0.15) is 10.3 Å². The van der Waals surface area contributed by atoms with E-state index in [0.29, 0.717) is 20.6 Å². The van der Waals surface area contributed by atoms with Gasteiger partial charge in [-0.2, -0.15) is 4.72 Å². The molecule has 0 spiro atoms. The van der Waals surface area contributed by atoms with Crippen LogP contribution in [0.4, 0.5) is 5.13 Å². The fourth-order valence-electron chi connectivity index (χ4n) is 1.83. The highest BCUT2D eigenvalue weighted by Crippen LogP contribution is 2.38. The van der Waals surface area contributed by atoms with Crippen molar-refractivity contribution in [1.29, 1.82) is 0 Å². The topological polar surface area (TPSA) is 146 Å². The van der Waals surface area contributed by atoms with Gasteiger partial charge in [-0.1, -0.05) is 11.3 Å². The lowest BCUT2D eigenvalue weighted by Gasteiger charge is -2.10. The van der Waals surface area contributed by atoms with Crippen LogP contribution in [0.25, 0.3) is 9.75 Å². The van der Waals surface area contributed by atoms with Crippen LogP contribution in [0.15, 0.2) is 16.3 Å². The third-order valence-electron chi connectivity index (χ3n) is 2.93. The maximum atomic E-state index is 12.2. The molecule has 0 unspecified atom stereocenters. The number of amides is 1. The minimum absolute atomic E-state index is 0.0870. The molecule has 1 amide bonds. The largest absolute Gasteiger partial charge is 0.480 e. The summed E-state index contributed by atoms with van der Waals surface area (Å²) in [5.74, 6) is -1.73. The first-order chi connectivity index (χ1) is 11.6. The Morgan fingerprint density at radius 1 is 1.32 bits per heavy atom. The van der Waals surface area contributed by atoms with Crippen LogP contribution < -0.4 is 10.0 Å². The van der Waals surface area contributed by atoms with Crippen molar-refractivity contribution >= 4 is 49.7 Å². The van der Waals surface area contributed by atoms with Crippen LogP contribution in [0.1, 0.15) is 12.6 Å². The summed E-state index contributed by atoms with van der Waals surface area (Å²) in [4.78, 5) is 27.5. The van der Waals surface area contributed by atoms with Crippen molar-refractivity contribution in [2.45, 2.75) is 24.1 Å². The van der Waals surface area contributed by atoms with Crippen molar-refractivity contribution in [3.05, 3.63) is 17.8 Å². The Morgan fingerprint density at radius 2 is 2.00 bits per heavy atom. The number of thiophene rings is 1. The molecule has 4 N–H and O–H groups in total. The first kappa shape index (κ1) is 19.5. The molecule has 136 valence electrons. The average Bonchev–Trinajstić information content (AvgIpc) is 3.11. The van der Waals surface area contributed by atoms with Crippen molar-refractivity contribution in [3.8, 4) is 9.75 Å². The number of aliphatic hydroxyl groups excluding tert-OH is 1. The molecule has 0 saturated heterocycles. The first-order valence-corrected chi connectivity index (χ1v) is 9.97. The Balaban J connectivity index is 2.29. The fourth-order valence-corrected chi connectivity index (χ4v) is 5.50. The van der Waals surface area contributed by atoms with E-state index in [-0.39, 0.29) is 10.1 Å². The third-order valence-corrected chi connectivity index (χ3v) is 7.23. The molecule has 0 fully saturated rings. The number of thiazole rings is 1. The zero-order chi connectivity index (χ0) is 18.8. The maximum absolute atomic E-state index is 12.2. The highest BCUT2D eigenvalue weighted by atomic mass is 32.2. The van der Waals surface area contributed by atoms with Gasteiger partial charge in [-0.3, -0.25) is 9.59 Å². The number of hydrogen-bond acceptors (Lipinski definition) is 8. The molecule has 9 nitrogen and oxygen atoms in total. The molecule has 2 rings (SSSR count). The predicted octanol–water partition coefficient (Wildman–Crippen LogP) is 0.862. The van der Waals surface area contributed by atoms with E-state index in [9.17, 15) is 18.0 Å². The maximum Gasteiger partial charge on any atom is 0.324 e. The van der Waals surface area contributed by atoms with E-state index >= 15 is 0 Å². The SMILES string of the molecule is CC(=O)Nc1nc(C)c(-c2ccc(S(=O)(=O)N[C@@H](CO)C(=O)O)s2)s1. The number of sulfonamides is 1. The van der Waals surface area contributed by atoms with Crippen molar-refractivity contribution in [2.24, 2.45) is 0 Å². The lowest BCUT2D eigenvalue weighted by molar-refractivity contribution is -0.139. The second-order valence-corrected chi connectivity index (χ2v) is 8.95. The summed E-state index contributed by atoms with van der Waals surface area (Å²) in [6.07, 6.45) is 0. The Kier molecular flexibility index (Phi) is 5.90. The van der Waals surface area contributed by atoms with Crippen LogP contribution in [0.5, 0.6) is 0 Å². The molecule has 25 heavy (non-hydrogen) atoms. The Labute approximate surface area is 151 Å². The first-order valence-electron chi connectivity index (χ1n) is 6.85. The molecule has 2 aromatic rings. The van der Waals surface area contributed by atoms with Crippen LogP contribution in [0.2, 0.25) is 0 Å². The summed E-state index contributed by atoms with van der Waals surface area (Å²) in [6.45, 7) is 2.23. The Morgan fingerprint density at radius 3 is 2.56 bits per heavy atom. The van der Waals surface area contributed by atoms with Gasteiger partial charge in [-0.25, -0.2) is 13.4 Å². The monoisotopic (exact) mass is 405 g/mol. The number of carbonyl (C=O) groups is 2. The van der Waals surface area contributed by atoms with Gasteiger partial charge < -0.3 is 15.5 Å². The minimum Gasteiger partial charge on any atom is -0.480 e. The zero-order valence-electron chi connectivity index (χ0n) is 13.1. The third kappa shape index (κ3) is 4.61. The number of nitrogens with zero attached hydrogens (tertiary/aromatic N) is 1. The van der Waals surface area contributed by atoms with Crippen LogP contribution >= 0.6 is 22.7 Å². The van der Waals surface area contributed by atoms with Gasteiger partial charge in [-0.05, 0) is 19.1 Å². The normalized spacial score (nSPS) is 12.8. The lowest BCUT2D eigenvalue weighted by Crippen LogP contribution is -2.42. The molecule has 12 heteroatoms. The van der Waals surface area contributed by atoms with Crippen molar-refractivity contribution < 1.29 is 28.2 Å². The zero-order valence-corrected chi connectivity index (χ0v) is 15.6. The standard InChI is InChI=1S/C13H15N3O6S3/c1-6-11(24-13(14-6)15-7(2)18)9-3-4-10(23-9)25(21,22)16-8(5-17)12(19)20/h3-4,8,16-17H,5H2,1-2H3,(H,19,20)(H,14,15,18)/t8-/m0/s1. The van der Waals surface area contributed by atoms with Gasteiger partial charge in [0.15, 0.2) is 5.13 Å². The number of hydrogen-bond donors (Lipinski definition) is 4. The quantitative estimate of drug-likeness (QED) is 0.534. The number of aromatic nitrogens is 1. The number of nitrogens with one attached hydrogen (secondary N) is 2. The van der Waals surface area contributed by atoms with Gasteiger partial charge in [0.2, 0.25) is 5.91 Å². The predicted molar refractivity (Wildman–Crippen MR) is 93.3 cm³/mol. The molecular weight excluding hydrogens is 390 g/mol. The van der Waals surface area contributed by atoms with E-state index in [4.69, 9.17) is 10.2 Å². The van der Waals surface area contributed by atoms with E-state index in [1.54, 1.807) is 13.0 Å². The number of carboxylic acid groups (broad SMARTS) is 1. The molecule has 0 aromatic carbocycles. The molecule has 0 radical (unpaired) electrons. The number of aryl methyl sites for hydroxylation is 1. The van der Waals surface area contributed by atoms with Crippen LogP contribution in [-0.2, 0) is 19.6 Å². The summed E-state index contributed by atoms with van der Waals surface area (Å²) in [5, 5.41) is 20.8. The van der Waals surface area contributed by atoms with E-state index in [2.05, 4.69) is 10.3 Å². The second kappa shape index (κ2) is 7.58. The summed E-state index contributed by atoms with van der Waals surface area (Å²) in [6, 6.07) is 1.30. The van der Waals surface area contributed by atoms with Gasteiger partial charge in [0.05, 0.1) is 17.2 Å². The number of carbonyl (C=O) groups excluding carboxylic acids is 1. The highest BCUT2D eigenvalue weighted by Gasteiger charge is 2.26. The van der Waals surface area contributed by atoms with Crippen molar-refractivity contribution in [1.82, 2.24) is 9.71 Å². The average molecular weight is 405 g/mol. The van der Waals surface area contributed by atoms with Gasteiger partial charge in [-0.15, -0.1) is 11.3 Å². The smallest absolute Gasteiger partial charge is 0.324 e. The number of carboxylic acids is 1. The van der Waals surface area contributed by atoms with E-state index in [0.717, 1.165) is 11.3 Å². The molecular formula is C13H15N3O6S3. The molecule has 0 aliphatic rings. The number of anilines is 1. The number of rotatable bonds is 7. The molecule has 0 aliphatic carbocycles. The Bertz CT molecular complexity index is 902. The molecule has 0 saturated carbocycles. The van der Waals surface area contributed by atoms with E-state index < -0.39 is 28.6 Å². The minimum atomic E-state index is -4.09. The van der Waals surface area contributed by atoms with E-state index in [1.165, 1.54) is 24.3 Å². The molecule has 1 atom stereocenters. The second-order valence-electron chi connectivity index (χ2n) is 4.93. The summed E-state index contributed by atoms with van der Waals surface area (Å²) in [5.41, 5.74) is 0.631. The summed E-state index contributed by atoms with van der Waals surface area (Å²) < 4.78 is 26.3. The summed E-state index contributed by atoms with van der Waals surface area (Å²) >= 11 is 2.14. The van der Waals surface area contributed by atoms with Crippen LogP contribution in [0.3, 0.4) is 0 Å². The lowest BCUT2D eigenvalue weighted by atomic mass is 10.3.